The van der Waals surface area contributed by atoms with Gasteiger partial charge in [0, 0.05) is 6.54 Å². The lowest BCUT2D eigenvalue weighted by Gasteiger charge is -2.20. The molecule has 2 N–H and O–H groups in total. The molecular weight excluding hydrogens is 270 g/mol. The standard InChI is InChI=1S/C17H19N3.C2H6/c1-3-7-14(8-4-1)13-16(15-9-5-2-6-10-15)20-17-18-11-12-19-17;1-2/h1-10,16H,11-13H2,(H2,18,19,20);1-2H3. The summed E-state index contributed by atoms with van der Waals surface area (Å²) >= 11 is 0. The number of guanidine groups is 1. The number of nitrogens with one attached hydrogen (secondary N) is 2. The fourth-order valence-electron chi connectivity index (χ4n) is 2.45. The van der Waals surface area contributed by atoms with Crippen LogP contribution in [0.25, 0.3) is 0 Å². The van der Waals surface area contributed by atoms with Crippen molar-refractivity contribution in [3.63, 3.8) is 0 Å². The van der Waals surface area contributed by atoms with Gasteiger partial charge in [0.2, 0.25) is 0 Å². The average Bonchev–Trinajstić information content (AvgIpc) is 3.11. The van der Waals surface area contributed by atoms with E-state index < -0.39 is 0 Å². The molecule has 2 aromatic rings. The quantitative estimate of drug-likeness (QED) is 0.905. The number of rotatable bonds is 4. The van der Waals surface area contributed by atoms with E-state index in [1.165, 1.54) is 11.1 Å². The smallest absolute Gasteiger partial charge is 0.191 e. The zero-order valence-electron chi connectivity index (χ0n) is 13.4. The maximum atomic E-state index is 4.44. The van der Waals surface area contributed by atoms with Crippen molar-refractivity contribution >= 4 is 5.96 Å². The van der Waals surface area contributed by atoms with E-state index in [1.54, 1.807) is 0 Å². The van der Waals surface area contributed by atoms with Crippen molar-refractivity contribution in [1.82, 2.24) is 10.6 Å². The summed E-state index contributed by atoms with van der Waals surface area (Å²) in [5.41, 5.74) is 2.61. The molecule has 0 aliphatic carbocycles. The number of benzene rings is 2. The topological polar surface area (TPSA) is 36.4 Å². The van der Waals surface area contributed by atoms with Crippen molar-refractivity contribution in [2.75, 3.05) is 13.1 Å². The molecule has 0 saturated heterocycles. The van der Waals surface area contributed by atoms with E-state index in [9.17, 15) is 0 Å². The van der Waals surface area contributed by atoms with Gasteiger partial charge in [-0.3, -0.25) is 4.99 Å². The van der Waals surface area contributed by atoms with Crippen molar-refractivity contribution in [3.05, 3.63) is 71.8 Å². The van der Waals surface area contributed by atoms with Crippen LogP contribution in [0.5, 0.6) is 0 Å². The van der Waals surface area contributed by atoms with Crippen LogP contribution >= 0.6 is 0 Å². The van der Waals surface area contributed by atoms with E-state index in [0.29, 0.717) is 0 Å². The Morgan fingerprint density at radius 2 is 1.64 bits per heavy atom. The summed E-state index contributed by atoms with van der Waals surface area (Å²) in [6, 6.07) is 21.3. The Labute approximate surface area is 133 Å². The minimum absolute atomic E-state index is 0.239. The first-order valence-electron chi connectivity index (χ1n) is 8.05. The third-order valence-electron chi connectivity index (χ3n) is 3.47. The van der Waals surface area contributed by atoms with Gasteiger partial charge in [-0.1, -0.05) is 74.5 Å². The van der Waals surface area contributed by atoms with Crippen molar-refractivity contribution in [2.45, 2.75) is 26.3 Å². The number of nitrogens with zero attached hydrogens (tertiary/aromatic N) is 1. The zero-order chi connectivity index (χ0) is 15.6. The van der Waals surface area contributed by atoms with Crippen LogP contribution in [0.3, 0.4) is 0 Å². The summed E-state index contributed by atoms with van der Waals surface area (Å²) in [5.74, 6) is 0.912. The second-order valence-corrected chi connectivity index (χ2v) is 4.95. The number of aliphatic imine (C=N–C) groups is 1. The molecular formula is C19H25N3. The Morgan fingerprint density at radius 1 is 1.00 bits per heavy atom. The molecule has 1 unspecified atom stereocenters. The predicted molar refractivity (Wildman–Crippen MR) is 94.1 cm³/mol. The van der Waals surface area contributed by atoms with E-state index in [2.05, 4.69) is 76.3 Å². The normalized spacial score (nSPS) is 14.2. The molecule has 0 bridgehead atoms. The molecule has 0 spiro atoms. The molecule has 3 nitrogen and oxygen atoms in total. The first-order chi connectivity index (χ1) is 10.9. The molecule has 116 valence electrons. The first-order valence-corrected chi connectivity index (χ1v) is 8.05. The Balaban J connectivity index is 0.000000847. The highest BCUT2D eigenvalue weighted by Crippen LogP contribution is 2.18. The first kappa shape index (κ1) is 16.1. The van der Waals surface area contributed by atoms with Crippen LogP contribution in [0.2, 0.25) is 0 Å². The van der Waals surface area contributed by atoms with Crippen LogP contribution in [0.1, 0.15) is 31.0 Å². The summed E-state index contributed by atoms with van der Waals surface area (Å²) in [7, 11) is 0. The highest BCUT2D eigenvalue weighted by molar-refractivity contribution is 5.81. The second-order valence-electron chi connectivity index (χ2n) is 4.95. The fraction of sp³-hybridized carbons (Fsp3) is 0.316. The molecule has 22 heavy (non-hydrogen) atoms. The maximum absolute atomic E-state index is 4.44. The molecule has 0 fully saturated rings. The van der Waals surface area contributed by atoms with E-state index in [0.717, 1.165) is 25.5 Å². The van der Waals surface area contributed by atoms with Gasteiger partial charge in [-0.2, -0.15) is 0 Å². The molecule has 1 aliphatic heterocycles. The van der Waals surface area contributed by atoms with Gasteiger partial charge in [-0.05, 0) is 17.5 Å². The molecule has 1 atom stereocenters. The zero-order valence-corrected chi connectivity index (χ0v) is 13.4. The predicted octanol–water partition coefficient (Wildman–Crippen LogP) is 3.55. The lowest BCUT2D eigenvalue weighted by Crippen LogP contribution is -2.37. The summed E-state index contributed by atoms with van der Waals surface area (Å²) in [6.45, 7) is 5.78. The van der Waals surface area contributed by atoms with Crippen LogP contribution in [-0.2, 0) is 6.42 Å². The van der Waals surface area contributed by atoms with Gasteiger partial charge in [-0.25, -0.2) is 0 Å². The van der Waals surface area contributed by atoms with Gasteiger partial charge in [0.05, 0.1) is 12.6 Å². The summed E-state index contributed by atoms with van der Waals surface area (Å²) < 4.78 is 0. The van der Waals surface area contributed by atoms with Gasteiger partial charge in [-0.15, -0.1) is 0 Å². The summed E-state index contributed by atoms with van der Waals surface area (Å²) in [4.78, 5) is 4.44. The molecule has 1 heterocycles. The molecule has 2 aromatic carbocycles. The Bertz CT molecular complexity index is 564. The highest BCUT2D eigenvalue weighted by Gasteiger charge is 2.15. The minimum Gasteiger partial charge on any atom is -0.355 e. The van der Waals surface area contributed by atoms with Crippen LogP contribution in [-0.4, -0.2) is 19.0 Å². The van der Waals surface area contributed by atoms with E-state index in [1.807, 2.05) is 13.8 Å². The summed E-state index contributed by atoms with van der Waals surface area (Å²) in [6.07, 6.45) is 0.950. The molecule has 0 saturated carbocycles. The van der Waals surface area contributed by atoms with Crippen LogP contribution in [0.4, 0.5) is 0 Å². The Morgan fingerprint density at radius 3 is 2.23 bits per heavy atom. The SMILES string of the molecule is CC.c1ccc(CC(NC2=NCCN2)c2ccccc2)cc1. The van der Waals surface area contributed by atoms with E-state index in [4.69, 9.17) is 0 Å². The van der Waals surface area contributed by atoms with Crippen molar-refractivity contribution < 1.29 is 0 Å². The average molecular weight is 295 g/mol. The Hall–Kier alpha value is -2.29. The van der Waals surface area contributed by atoms with Crippen molar-refractivity contribution in [3.8, 4) is 0 Å². The van der Waals surface area contributed by atoms with Gasteiger partial charge in [0.1, 0.15) is 0 Å². The van der Waals surface area contributed by atoms with E-state index >= 15 is 0 Å². The lowest BCUT2D eigenvalue weighted by molar-refractivity contribution is 0.634. The van der Waals surface area contributed by atoms with Gasteiger partial charge < -0.3 is 10.6 Å². The molecule has 3 heteroatoms. The molecule has 0 aromatic heterocycles. The van der Waals surface area contributed by atoms with Gasteiger partial charge in [0.15, 0.2) is 5.96 Å². The molecule has 1 aliphatic rings. The maximum Gasteiger partial charge on any atom is 0.191 e. The number of hydrogen-bond acceptors (Lipinski definition) is 3. The van der Waals surface area contributed by atoms with Gasteiger partial charge >= 0.3 is 0 Å². The minimum atomic E-state index is 0.239. The fourth-order valence-corrected chi connectivity index (χ4v) is 2.45. The van der Waals surface area contributed by atoms with Crippen molar-refractivity contribution in [1.29, 1.82) is 0 Å². The monoisotopic (exact) mass is 295 g/mol. The van der Waals surface area contributed by atoms with Crippen molar-refractivity contribution in [2.24, 2.45) is 4.99 Å². The molecule has 3 rings (SSSR count). The van der Waals surface area contributed by atoms with Crippen LogP contribution in [0.15, 0.2) is 65.7 Å². The summed E-state index contributed by atoms with van der Waals surface area (Å²) in [5, 5.41) is 6.80. The largest absolute Gasteiger partial charge is 0.355 e. The molecule has 0 amide bonds. The molecule has 0 radical (unpaired) electrons. The van der Waals surface area contributed by atoms with E-state index in [-0.39, 0.29) is 6.04 Å². The van der Waals surface area contributed by atoms with Crippen LogP contribution < -0.4 is 10.6 Å². The Kier molecular flexibility index (Phi) is 6.49. The lowest BCUT2D eigenvalue weighted by atomic mass is 9.99. The third-order valence-corrected chi connectivity index (χ3v) is 3.47. The van der Waals surface area contributed by atoms with Gasteiger partial charge in [0.25, 0.3) is 0 Å². The number of hydrogen-bond donors (Lipinski definition) is 2. The second kappa shape index (κ2) is 8.88. The van der Waals surface area contributed by atoms with Crippen LogP contribution in [0, 0.1) is 0 Å². The highest BCUT2D eigenvalue weighted by atomic mass is 15.2. The third kappa shape index (κ3) is 4.62.